The predicted molar refractivity (Wildman–Crippen MR) is 83.9 cm³/mol. The second-order valence-corrected chi connectivity index (χ2v) is 9.30. The Bertz CT molecular complexity index is 487. The van der Waals surface area contributed by atoms with Gasteiger partial charge < -0.3 is 10.2 Å². The molecule has 2 rings (SSSR count). The van der Waals surface area contributed by atoms with Crippen LogP contribution in [0.5, 0.6) is 0 Å². The summed E-state index contributed by atoms with van der Waals surface area (Å²) in [6.45, 7) is 7.01. The molecule has 0 spiro atoms. The van der Waals surface area contributed by atoms with Crippen LogP contribution in [0.15, 0.2) is 0 Å². The fraction of sp³-hybridized carbons (Fsp3) is 0.933. The second-order valence-electron chi connectivity index (χ2n) is 6.97. The lowest BCUT2D eigenvalue weighted by Crippen LogP contribution is -2.59. The van der Waals surface area contributed by atoms with E-state index in [9.17, 15) is 13.2 Å². The van der Waals surface area contributed by atoms with Gasteiger partial charge in [-0.2, -0.15) is 0 Å². The van der Waals surface area contributed by atoms with Crippen molar-refractivity contribution >= 4 is 15.7 Å². The van der Waals surface area contributed by atoms with E-state index in [-0.39, 0.29) is 5.91 Å². The van der Waals surface area contributed by atoms with E-state index >= 15 is 0 Å². The molecule has 0 bridgehead atoms. The molecule has 5 nitrogen and oxygen atoms in total. The Morgan fingerprint density at radius 3 is 2.10 bits per heavy atom. The van der Waals surface area contributed by atoms with E-state index in [1.807, 2.05) is 0 Å². The average molecular weight is 316 g/mol. The van der Waals surface area contributed by atoms with Crippen LogP contribution in [0.4, 0.5) is 0 Å². The van der Waals surface area contributed by atoms with Crippen molar-refractivity contribution in [1.82, 2.24) is 10.2 Å². The van der Waals surface area contributed by atoms with Crippen LogP contribution in [0.3, 0.4) is 0 Å². The van der Waals surface area contributed by atoms with Crippen molar-refractivity contribution in [3.63, 3.8) is 0 Å². The van der Waals surface area contributed by atoms with Crippen LogP contribution < -0.4 is 5.32 Å². The monoisotopic (exact) mass is 316 g/mol. The molecule has 1 amide bonds. The number of carbonyl (C=O) groups is 1. The molecule has 0 aromatic heterocycles. The molecule has 2 aliphatic rings. The number of piperidine rings is 2. The predicted octanol–water partition coefficient (Wildman–Crippen LogP) is 1.19. The van der Waals surface area contributed by atoms with Gasteiger partial charge in [-0.25, -0.2) is 8.42 Å². The molecule has 0 unspecified atom stereocenters. The number of nitrogens with one attached hydrogen (secondary N) is 1. The standard InChI is InChI=1S/C15H28N2O3S/c1-4-14(2)7-11-17(12-8-14)13(18)15(21(3,19)20)5-9-16-10-6-15/h16H,4-12H2,1-3H3. The summed E-state index contributed by atoms with van der Waals surface area (Å²) in [5, 5.41) is 3.16. The Morgan fingerprint density at radius 2 is 1.67 bits per heavy atom. The largest absolute Gasteiger partial charge is 0.341 e. The van der Waals surface area contributed by atoms with Crippen LogP contribution in [0.1, 0.15) is 46.0 Å². The molecule has 0 atom stereocenters. The van der Waals surface area contributed by atoms with Crippen LogP contribution in [0.2, 0.25) is 0 Å². The zero-order valence-electron chi connectivity index (χ0n) is 13.4. The van der Waals surface area contributed by atoms with Gasteiger partial charge in [0.15, 0.2) is 14.6 Å². The fourth-order valence-electron chi connectivity index (χ4n) is 3.47. The lowest BCUT2D eigenvalue weighted by molar-refractivity contribution is -0.137. The van der Waals surface area contributed by atoms with Crippen molar-refractivity contribution < 1.29 is 13.2 Å². The Kier molecular flexibility index (Phi) is 4.69. The highest BCUT2D eigenvalue weighted by atomic mass is 32.2. The third-order valence-corrected chi connectivity index (χ3v) is 7.62. The number of carbonyl (C=O) groups excluding carboxylic acids is 1. The smallest absolute Gasteiger partial charge is 0.244 e. The molecular formula is C15H28N2O3S. The third kappa shape index (κ3) is 3.11. The van der Waals surface area contributed by atoms with Gasteiger partial charge in [-0.3, -0.25) is 4.79 Å². The minimum Gasteiger partial charge on any atom is -0.341 e. The van der Waals surface area contributed by atoms with Gasteiger partial charge in [0.25, 0.3) is 0 Å². The van der Waals surface area contributed by atoms with Crippen LogP contribution >= 0.6 is 0 Å². The first kappa shape index (κ1) is 16.7. The maximum Gasteiger partial charge on any atom is 0.244 e. The topological polar surface area (TPSA) is 66.5 Å². The summed E-state index contributed by atoms with van der Waals surface area (Å²) in [5.41, 5.74) is 0.295. The van der Waals surface area contributed by atoms with Gasteiger partial charge in [-0.05, 0) is 44.2 Å². The molecule has 1 N–H and O–H groups in total. The molecule has 6 heteroatoms. The van der Waals surface area contributed by atoms with Gasteiger partial charge in [0.05, 0.1) is 0 Å². The van der Waals surface area contributed by atoms with Gasteiger partial charge in [-0.1, -0.05) is 20.3 Å². The Morgan fingerprint density at radius 1 is 1.14 bits per heavy atom. The Labute approximate surface area is 128 Å². The highest BCUT2D eigenvalue weighted by molar-refractivity contribution is 7.92. The molecule has 0 saturated carbocycles. The van der Waals surface area contributed by atoms with E-state index in [1.54, 1.807) is 4.90 Å². The maximum atomic E-state index is 12.9. The van der Waals surface area contributed by atoms with E-state index in [0.29, 0.717) is 44.4 Å². The SMILES string of the molecule is CCC1(C)CCN(C(=O)C2(S(C)(=O)=O)CCNCC2)CC1. The normalized spacial score (nSPS) is 25.6. The highest BCUT2D eigenvalue weighted by Crippen LogP contribution is 2.37. The summed E-state index contributed by atoms with van der Waals surface area (Å²) in [4.78, 5) is 14.7. The molecule has 2 heterocycles. The third-order valence-electron chi connectivity index (χ3n) is 5.62. The van der Waals surface area contributed by atoms with Gasteiger partial charge in [0.1, 0.15) is 0 Å². The lowest BCUT2D eigenvalue weighted by Gasteiger charge is -2.43. The number of rotatable bonds is 3. The van der Waals surface area contributed by atoms with Gasteiger partial charge >= 0.3 is 0 Å². The molecule has 21 heavy (non-hydrogen) atoms. The number of hydrogen-bond donors (Lipinski definition) is 1. The number of nitrogens with zero attached hydrogens (tertiary/aromatic N) is 1. The Balaban J connectivity index is 2.17. The first-order valence-corrected chi connectivity index (χ1v) is 9.83. The van der Waals surface area contributed by atoms with Crippen molar-refractivity contribution in [2.45, 2.75) is 50.7 Å². The quantitative estimate of drug-likeness (QED) is 0.849. The van der Waals surface area contributed by atoms with E-state index < -0.39 is 14.6 Å². The van der Waals surface area contributed by atoms with Crippen LogP contribution in [0.25, 0.3) is 0 Å². The van der Waals surface area contributed by atoms with E-state index in [1.165, 1.54) is 6.26 Å². The van der Waals surface area contributed by atoms with Crippen molar-refractivity contribution in [1.29, 1.82) is 0 Å². The fourth-order valence-corrected chi connectivity index (χ4v) is 4.86. The zero-order valence-corrected chi connectivity index (χ0v) is 14.3. The van der Waals surface area contributed by atoms with Gasteiger partial charge in [0, 0.05) is 19.3 Å². The Hall–Kier alpha value is -0.620. The summed E-state index contributed by atoms with van der Waals surface area (Å²) in [7, 11) is -3.40. The van der Waals surface area contributed by atoms with E-state index in [4.69, 9.17) is 0 Å². The first-order chi connectivity index (χ1) is 9.74. The van der Waals surface area contributed by atoms with Crippen LogP contribution in [0, 0.1) is 5.41 Å². The first-order valence-electron chi connectivity index (χ1n) is 7.94. The van der Waals surface area contributed by atoms with Crippen molar-refractivity contribution in [2.75, 3.05) is 32.4 Å². The average Bonchev–Trinajstić information content (AvgIpc) is 2.47. The number of amides is 1. The minimum absolute atomic E-state index is 0.162. The summed E-state index contributed by atoms with van der Waals surface area (Å²) in [6.07, 6.45) is 5.05. The molecule has 0 aromatic carbocycles. The van der Waals surface area contributed by atoms with Gasteiger partial charge in [0.2, 0.25) is 5.91 Å². The summed E-state index contributed by atoms with van der Waals surface area (Å²) in [5.74, 6) is -0.162. The number of sulfone groups is 1. The molecule has 122 valence electrons. The molecule has 0 aliphatic carbocycles. The zero-order chi connectivity index (χ0) is 15.7. The van der Waals surface area contributed by atoms with Crippen molar-refractivity contribution in [3.8, 4) is 0 Å². The molecule has 0 aromatic rings. The molecular weight excluding hydrogens is 288 g/mol. The maximum absolute atomic E-state index is 12.9. The molecule has 2 aliphatic heterocycles. The lowest BCUT2D eigenvalue weighted by atomic mass is 9.78. The summed E-state index contributed by atoms with van der Waals surface area (Å²) >= 11 is 0. The van der Waals surface area contributed by atoms with Crippen LogP contribution in [-0.4, -0.2) is 56.4 Å². The molecule has 2 saturated heterocycles. The van der Waals surface area contributed by atoms with Crippen molar-refractivity contribution in [3.05, 3.63) is 0 Å². The number of hydrogen-bond acceptors (Lipinski definition) is 4. The second kappa shape index (κ2) is 5.88. The number of likely N-dealkylation sites (tertiary alicyclic amines) is 1. The minimum atomic E-state index is -3.40. The van der Waals surface area contributed by atoms with E-state index in [0.717, 1.165) is 19.3 Å². The molecule has 0 radical (unpaired) electrons. The summed E-state index contributed by atoms with van der Waals surface area (Å²) in [6, 6.07) is 0. The van der Waals surface area contributed by atoms with Gasteiger partial charge in [-0.15, -0.1) is 0 Å². The molecule has 2 fully saturated rings. The summed E-state index contributed by atoms with van der Waals surface area (Å²) < 4.78 is 23.4. The van der Waals surface area contributed by atoms with Crippen LogP contribution in [-0.2, 0) is 14.6 Å². The van der Waals surface area contributed by atoms with Crippen molar-refractivity contribution in [2.24, 2.45) is 5.41 Å². The van der Waals surface area contributed by atoms with E-state index in [2.05, 4.69) is 19.2 Å². The highest BCUT2D eigenvalue weighted by Gasteiger charge is 2.51.